The van der Waals surface area contributed by atoms with Gasteiger partial charge in [-0.25, -0.2) is 0 Å². The summed E-state index contributed by atoms with van der Waals surface area (Å²) in [5, 5.41) is 3.34. The molecule has 0 saturated heterocycles. The summed E-state index contributed by atoms with van der Waals surface area (Å²) in [6, 6.07) is 6.89. The highest BCUT2D eigenvalue weighted by atomic mass is 16.5. The second-order valence-corrected chi connectivity index (χ2v) is 6.26. The van der Waals surface area contributed by atoms with Crippen LogP contribution in [0.4, 0.5) is 0 Å². The van der Waals surface area contributed by atoms with Crippen molar-refractivity contribution in [2.24, 2.45) is 5.41 Å². The molecule has 3 aliphatic carbocycles. The van der Waals surface area contributed by atoms with Gasteiger partial charge < -0.3 is 10.1 Å². The van der Waals surface area contributed by atoms with Gasteiger partial charge in [0.25, 0.3) is 0 Å². The molecule has 3 saturated carbocycles. The van der Waals surface area contributed by atoms with Crippen molar-refractivity contribution in [3.05, 3.63) is 29.3 Å². The quantitative estimate of drug-likeness (QED) is 0.858. The van der Waals surface area contributed by atoms with Gasteiger partial charge in [0.05, 0.1) is 6.61 Å². The van der Waals surface area contributed by atoms with E-state index < -0.39 is 0 Å². The molecule has 3 fully saturated rings. The van der Waals surface area contributed by atoms with Crippen molar-refractivity contribution in [2.75, 3.05) is 20.2 Å². The molecule has 2 heteroatoms. The van der Waals surface area contributed by atoms with Crippen LogP contribution in [0.3, 0.4) is 0 Å². The van der Waals surface area contributed by atoms with Crippen LogP contribution in [0.25, 0.3) is 0 Å². The van der Waals surface area contributed by atoms with E-state index in [0.717, 1.165) is 18.8 Å². The van der Waals surface area contributed by atoms with Crippen LogP contribution < -0.4 is 10.1 Å². The number of nitrogens with one attached hydrogen (secondary N) is 1. The first-order valence-electron chi connectivity index (χ1n) is 6.66. The number of hydrogen-bond acceptors (Lipinski definition) is 2. The van der Waals surface area contributed by atoms with Crippen LogP contribution in [0.5, 0.6) is 5.75 Å². The molecule has 0 atom stereocenters. The molecule has 90 valence electrons. The average molecular weight is 229 g/mol. The molecule has 0 unspecified atom stereocenters. The fourth-order valence-electron chi connectivity index (χ4n) is 4.38. The fourth-order valence-corrected chi connectivity index (χ4v) is 4.38. The summed E-state index contributed by atoms with van der Waals surface area (Å²) in [6.07, 6.45) is 5.27. The molecule has 0 radical (unpaired) electrons. The largest absolute Gasteiger partial charge is 0.493 e. The molecule has 1 aromatic carbocycles. The van der Waals surface area contributed by atoms with Crippen molar-refractivity contribution >= 4 is 0 Å². The zero-order valence-corrected chi connectivity index (χ0v) is 10.4. The number of hydrogen-bond donors (Lipinski definition) is 1. The van der Waals surface area contributed by atoms with E-state index in [1.165, 1.54) is 31.4 Å². The summed E-state index contributed by atoms with van der Waals surface area (Å²) >= 11 is 0. The molecule has 2 bridgehead atoms. The van der Waals surface area contributed by atoms with E-state index in [-0.39, 0.29) is 0 Å². The number of rotatable bonds is 3. The molecule has 4 aliphatic rings. The Balaban J connectivity index is 1.58. The zero-order chi connectivity index (χ0) is 11.5. The molecular weight excluding hydrogens is 210 g/mol. The zero-order valence-electron chi connectivity index (χ0n) is 10.4. The van der Waals surface area contributed by atoms with E-state index in [4.69, 9.17) is 4.74 Å². The highest BCUT2D eigenvalue weighted by Gasteiger charge is 2.67. The van der Waals surface area contributed by atoms with Gasteiger partial charge in [-0.05, 0) is 54.3 Å². The minimum Gasteiger partial charge on any atom is -0.493 e. The van der Waals surface area contributed by atoms with Crippen LogP contribution in [0.2, 0.25) is 0 Å². The lowest BCUT2D eigenvalue weighted by atomic mass is 9.33. The van der Waals surface area contributed by atoms with Crippen LogP contribution in [0.15, 0.2) is 18.2 Å². The van der Waals surface area contributed by atoms with Crippen LogP contribution in [-0.2, 0) is 11.8 Å². The topological polar surface area (TPSA) is 21.3 Å². The van der Waals surface area contributed by atoms with E-state index in [1.807, 2.05) is 0 Å². The van der Waals surface area contributed by atoms with Crippen molar-refractivity contribution in [3.63, 3.8) is 0 Å². The number of fused-ring (bicyclic) bond motifs is 1. The lowest BCUT2D eigenvalue weighted by Gasteiger charge is -2.71. The summed E-state index contributed by atoms with van der Waals surface area (Å²) in [5.41, 5.74) is 4.17. The van der Waals surface area contributed by atoms with Gasteiger partial charge in [-0.3, -0.25) is 0 Å². The van der Waals surface area contributed by atoms with E-state index in [9.17, 15) is 0 Å². The average Bonchev–Trinajstić information content (AvgIpc) is 2.67. The highest BCUT2D eigenvalue weighted by molar-refractivity contribution is 5.46. The van der Waals surface area contributed by atoms with Crippen LogP contribution in [-0.4, -0.2) is 20.2 Å². The van der Waals surface area contributed by atoms with Crippen LogP contribution >= 0.6 is 0 Å². The molecule has 1 aromatic rings. The molecule has 0 spiro atoms. The van der Waals surface area contributed by atoms with E-state index in [1.54, 1.807) is 5.56 Å². The first-order chi connectivity index (χ1) is 8.25. The van der Waals surface area contributed by atoms with Gasteiger partial charge >= 0.3 is 0 Å². The molecule has 1 N–H and O–H groups in total. The Morgan fingerprint density at radius 2 is 2.12 bits per heavy atom. The third kappa shape index (κ3) is 1.19. The van der Waals surface area contributed by atoms with Crippen molar-refractivity contribution < 1.29 is 4.74 Å². The summed E-state index contributed by atoms with van der Waals surface area (Å²) in [7, 11) is 2.07. The Bertz CT molecular complexity index is 460. The molecule has 1 heterocycles. The Morgan fingerprint density at radius 3 is 2.88 bits per heavy atom. The molecular formula is C15H19NO. The minimum absolute atomic E-state index is 0.536. The van der Waals surface area contributed by atoms with Gasteiger partial charge in [0.15, 0.2) is 0 Å². The monoisotopic (exact) mass is 229 g/mol. The summed E-state index contributed by atoms with van der Waals surface area (Å²) in [4.78, 5) is 0. The smallest absolute Gasteiger partial charge is 0.122 e. The second-order valence-electron chi connectivity index (χ2n) is 6.26. The second kappa shape index (κ2) is 3.05. The highest BCUT2D eigenvalue weighted by Crippen LogP contribution is 2.73. The van der Waals surface area contributed by atoms with Gasteiger partial charge in [0.1, 0.15) is 5.75 Å². The van der Waals surface area contributed by atoms with Gasteiger partial charge in [0, 0.05) is 13.0 Å². The molecule has 0 aromatic heterocycles. The molecule has 1 aliphatic heterocycles. The lowest BCUT2D eigenvalue weighted by Crippen LogP contribution is -2.67. The molecule has 17 heavy (non-hydrogen) atoms. The van der Waals surface area contributed by atoms with Gasteiger partial charge in [-0.1, -0.05) is 12.1 Å². The maximum atomic E-state index is 5.58. The van der Waals surface area contributed by atoms with Crippen molar-refractivity contribution in [2.45, 2.75) is 31.1 Å². The third-order valence-electron chi connectivity index (χ3n) is 4.99. The van der Waals surface area contributed by atoms with Crippen LogP contribution in [0, 0.1) is 5.41 Å². The molecule has 5 rings (SSSR count). The lowest BCUT2D eigenvalue weighted by molar-refractivity contribution is -0.137. The Kier molecular flexibility index (Phi) is 1.79. The number of benzene rings is 1. The predicted molar refractivity (Wildman–Crippen MR) is 67.5 cm³/mol. The maximum Gasteiger partial charge on any atom is 0.122 e. The fraction of sp³-hybridized carbons (Fsp3) is 0.600. The standard InChI is InChI=1S/C15H19NO/c1-16-10-14-7-15(8-14,9-14)12-2-3-13-11(6-12)4-5-17-13/h2-3,6,16H,4-5,7-10H2,1H3. The molecule has 0 amide bonds. The van der Waals surface area contributed by atoms with Gasteiger partial charge in [-0.15, -0.1) is 0 Å². The summed E-state index contributed by atoms with van der Waals surface area (Å²) in [6.45, 7) is 2.07. The van der Waals surface area contributed by atoms with E-state index in [2.05, 4.69) is 30.6 Å². The van der Waals surface area contributed by atoms with Crippen molar-refractivity contribution in [3.8, 4) is 5.75 Å². The van der Waals surface area contributed by atoms with Crippen molar-refractivity contribution in [1.82, 2.24) is 5.32 Å². The SMILES string of the molecule is CNCC12CC(c3ccc4c(c3)CCO4)(C1)C2. The first kappa shape index (κ1) is 9.95. The number of ether oxygens (including phenoxy) is 1. The predicted octanol–water partition coefficient (Wildman–Crippen LogP) is 2.26. The summed E-state index contributed by atoms with van der Waals surface area (Å²) < 4.78 is 5.58. The van der Waals surface area contributed by atoms with E-state index in [0.29, 0.717) is 10.8 Å². The van der Waals surface area contributed by atoms with E-state index >= 15 is 0 Å². The summed E-state index contributed by atoms with van der Waals surface area (Å²) in [5.74, 6) is 1.12. The Morgan fingerprint density at radius 1 is 1.29 bits per heavy atom. The van der Waals surface area contributed by atoms with Gasteiger partial charge in [-0.2, -0.15) is 0 Å². The maximum absolute atomic E-state index is 5.58. The van der Waals surface area contributed by atoms with Crippen molar-refractivity contribution in [1.29, 1.82) is 0 Å². The Labute approximate surface area is 102 Å². The van der Waals surface area contributed by atoms with Crippen LogP contribution in [0.1, 0.15) is 30.4 Å². The molecule has 2 nitrogen and oxygen atoms in total. The minimum atomic E-state index is 0.536. The normalized spacial score (nSPS) is 36.8. The van der Waals surface area contributed by atoms with Gasteiger partial charge in [0.2, 0.25) is 0 Å². The Hall–Kier alpha value is -1.02. The first-order valence-corrected chi connectivity index (χ1v) is 6.66. The third-order valence-corrected chi connectivity index (χ3v) is 4.99.